The normalized spacial score (nSPS) is 10.1. The molecule has 0 spiro atoms. The molecule has 0 saturated heterocycles. The lowest BCUT2D eigenvalue weighted by atomic mass is 10.3. The third-order valence-electron chi connectivity index (χ3n) is 2.16. The van der Waals surface area contributed by atoms with Gasteiger partial charge in [-0.1, -0.05) is 17.7 Å². The van der Waals surface area contributed by atoms with Crippen LogP contribution in [-0.2, 0) is 4.79 Å². The van der Waals surface area contributed by atoms with E-state index in [0.717, 1.165) is 0 Å². The minimum Gasteiger partial charge on any atom is -0.484 e. The number of anilines is 2. The molecule has 0 unspecified atom stereocenters. The van der Waals surface area contributed by atoms with Crippen molar-refractivity contribution in [3.05, 3.63) is 40.8 Å². The van der Waals surface area contributed by atoms with Gasteiger partial charge in [0.2, 0.25) is 5.28 Å². The maximum atomic E-state index is 11.7. The van der Waals surface area contributed by atoms with Crippen molar-refractivity contribution in [3.63, 3.8) is 0 Å². The molecule has 0 saturated carbocycles. The molecule has 3 N–H and O–H groups in total. The molecular formula is C12H10Cl2N4O2. The lowest BCUT2D eigenvalue weighted by molar-refractivity contribution is -0.118. The van der Waals surface area contributed by atoms with Crippen molar-refractivity contribution in [3.8, 4) is 5.75 Å². The van der Waals surface area contributed by atoms with Gasteiger partial charge in [-0.15, -0.1) is 0 Å². The predicted molar refractivity (Wildman–Crippen MR) is 77.0 cm³/mol. The summed E-state index contributed by atoms with van der Waals surface area (Å²) in [5, 5.41) is 2.58. The van der Waals surface area contributed by atoms with Crippen molar-refractivity contribution < 1.29 is 9.53 Å². The maximum absolute atomic E-state index is 11.7. The van der Waals surface area contributed by atoms with E-state index in [1.807, 2.05) is 0 Å². The zero-order chi connectivity index (χ0) is 14.5. The molecule has 1 heterocycles. The van der Waals surface area contributed by atoms with Crippen LogP contribution in [0.5, 0.6) is 5.75 Å². The number of carbonyl (C=O) groups excluding carboxylic acids is 1. The van der Waals surface area contributed by atoms with Gasteiger partial charge in [-0.3, -0.25) is 4.79 Å². The number of nitrogens with zero attached hydrogens (tertiary/aromatic N) is 2. The van der Waals surface area contributed by atoms with E-state index in [-0.39, 0.29) is 22.9 Å². The van der Waals surface area contributed by atoms with Crippen LogP contribution in [0.2, 0.25) is 10.4 Å². The summed E-state index contributed by atoms with van der Waals surface area (Å²) in [7, 11) is 0. The number of nitrogens with two attached hydrogens (primary N) is 1. The first-order chi connectivity index (χ1) is 9.52. The highest BCUT2D eigenvalue weighted by molar-refractivity contribution is 6.32. The Morgan fingerprint density at radius 1 is 1.30 bits per heavy atom. The highest BCUT2D eigenvalue weighted by atomic mass is 35.5. The van der Waals surface area contributed by atoms with Gasteiger partial charge in [0.05, 0.1) is 0 Å². The lowest BCUT2D eigenvalue weighted by Gasteiger charge is -2.07. The number of amides is 1. The van der Waals surface area contributed by atoms with Crippen LogP contribution in [0.4, 0.5) is 11.5 Å². The molecular weight excluding hydrogens is 303 g/mol. The van der Waals surface area contributed by atoms with Crippen LogP contribution in [0, 0.1) is 0 Å². The molecule has 0 bridgehead atoms. The van der Waals surface area contributed by atoms with Crippen molar-refractivity contribution in [2.45, 2.75) is 0 Å². The third kappa shape index (κ3) is 4.25. The lowest BCUT2D eigenvalue weighted by Crippen LogP contribution is -2.21. The fourth-order valence-electron chi connectivity index (χ4n) is 1.39. The molecule has 8 heteroatoms. The van der Waals surface area contributed by atoms with E-state index in [2.05, 4.69) is 15.3 Å². The molecule has 6 nitrogen and oxygen atoms in total. The molecule has 2 rings (SSSR count). The third-order valence-corrected chi connectivity index (χ3v) is 2.53. The first-order valence-corrected chi connectivity index (χ1v) is 6.27. The molecule has 1 aromatic carbocycles. The number of halogens is 2. The summed E-state index contributed by atoms with van der Waals surface area (Å²) in [6.07, 6.45) is 0. The van der Waals surface area contributed by atoms with E-state index in [0.29, 0.717) is 11.4 Å². The van der Waals surface area contributed by atoms with E-state index in [1.165, 1.54) is 6.07 Å². The molecule has 0 fully saturated rings. The maximum Gasteiger partial charge on any atom is 0.263 e. The van der Waals surface area contributed by atoms with Gasteiger partial charge in [-0.25, -0.2) is 9.97 Å². The number of nitrogens with one attached hydrogen (secondary N) is 1. The van der Waals surface area contributed by atoms with Crippen LogP contribution in [-0.4, -0.2) is 22.5 Å². The first kappa shape index (κ1) is 14.4. The topological polar surface area (TPSA) is 90.1 Å². The van der Waals surface area contributed by atoms with Gasteiger partial charge in [-0.2, -0.15) is 0 Å². The Hall–Kier alpha value is -2.05. The van der Waals surface area contributed by atoms with Gasteiger partial charge in [0.15, 0.2) is 6.61 Å². The number of nitrogen functional groups attached to an aromatic ring is 1. The minimum atomic E-state index is -0.404. The smallest absolute Gasteiger partial charge is 0.263 e. The highest BCUT2D eigenvalue weighted by Gasteiger charge is 2.07. The Morgan fingerprint density at radius 2 is 2.10 bits per heavy atom. The first-order valence-electron chi connectivity index (χ1n) is 5.51. The van der Waals surface area contributed by atoms with E-state index >= 15 is 0 Å². The van der Waals surface area contributed by atoms with Gasteiger partial charge < -0.3 is 15.8 Å². The van der Waals surface area contributed by atoms with Crippen LogP contribution >= 0.6 is 23.2 Å². The van der Waals surface area contributed by atoms with Crippen LogP contribution in [0.25, 0.3) is 0 Å². The van der Waals surface area contributed by atoms with Crippen molar-refractivity contribution in [1.82, 2.24) is 9.97 Å². The zero-order valence-electron chi connectivity index (χ0n) is 10.1. The summed E-state index contributed by atoms with van der Waals surface area (Å²) in [5.74, 6) is 0.299. The average molecular weight is 313 g/mol. The molecule has 0 radical (unpaired) electrons. The summed E-state index contributed by atoms with van der Waals surface area (Å²) >= 11 is 11.3. The molecule has 1 aromatic heterocycles. The SMILES string of the molecule is Nc1cccc(OCC(=O)Nc2cc(Cl)nc(Cl)n2)c1. The van der Waals surface area contributed by atoms with Gasteiger partial charge in [-0.05, 0) is 23.7 Å². The Bertz CT molecular complexity index is 616. The molecule has 20 heavy (non-hydrogen) atoms. The summed E-state index contributed by atoms with van der Waals surface area (Å²) in [4.78, 5) is 19.2. The van der Waals surface area contributed by atoms with Gasteiger partial charge in [0, 0.05) is 17.8 Å². The Kier molecular flexibility index (Phi) is 4.60. The number of aromatic nitrogens is 2. The number of hydrogen-bond acceptors (Lipinski definition) is 5. The van der Waals surface area contributed by atoms with Crippen molar-refractivity contribution in [2.24, 2.45) is 0 Å². The molecule has 104 valence electrons. The summed E-state index contributed by atoms with van der Waals surface area (Å²) < 4.78 is 5.28. The van der Waals surface area contributed by atoms with Crippen molar-refractivity contribution in [1.29, 1.82) is 0 Å². The number of rotatable bonds is 4. The molecule has 2 aromatic rings. The summed E-state index contributed by atoms with van der Waals surface area (Å²) in [5.41, 5.74) is 6.15. The second kappa shape index (κ2) is 6.40. The zero-order valence-corrected chi connectivity index (χ0v) is 11.6. The second-order valence-electron chi connectivity index (χ2n) is 3.75. The molecule has 1 amide bonds. The number of ether oxygens (including phenoxy) is 1. The van der Waals surface area contributed by atoms with E-state index in [4.69, 9.17) is 33.7 Å². The molecule has 0 aliphatic carbocycles. The molecule has 0 aliphatic heterocycles. The number of carbonyl (C=O) groups is 1. The quantitative estimate of drug-likeness (QED) is 0.514. The summed E-state index contributed by atoms with van der Waals surface area (Å²) in [6.45, 7) is -0.192. The van der Waals surface area contributed by atoms with Crippen molar-refractivity contribution in [2.75, 3.05) is 17.7 Å². The largest absolute Gasteiger partial charge is 0.484 e. The van der Waals surface area contributed by atoms with Crippen molar-refractivity contribution >= 4 is 40.6 Å². The fourth-order valence-corrected chi connectivity index (χ4v) is 1.79. The minimum absolute atomic E-state index is 0.0513. The van der Waals surface area contributed by atoms with Crippen LogP contribution in [0.3, 0.4) is 0 Å². The van der Waals surface area contributed by atoms with Gasteiger partial charge >= 0.3 is 0 Å². The highest BCUT2D eigenvalue weighted by Crippen LogP contribution is 2.16. The molecule has 0 atom stereocenters. The van der Waals surface area contributed by atoms with Gasteiger partial charge in [0.25, 0.3) is 5.91 Å². The monoisotopic (exact) mass is 312 g/mol. The Morgan fingerprint density at radius 3 is 2.80 bits per heavy atom. The predicted octanol–water partition coefficient (Wildman–Crippen LogP) is 2.38. The van der Waals surface area contributed by atoms with E-state index < -0.39 is 5.91 Å². The second-order valence-corrected chi connectivity index (χ2v) is 4.48. The van der Waals surface area contributed by atoms with Crippen LogP contribution < -0.4 is 15.8 Å². The average Bonchev–Trinajstić information content (AvgIpc) is 2.35. The number of hydrogen-bond donors (Lipinski definition) is 2. The molecule has 0 aliphatic rings. The van der Waals surface area contributed by atoms with Crippen LogP contribution in [0.15, 0.2) is 30.3 Å². The Labute approximate surface area is 124 Å². The van der Waals surface area contributed by atoms with E-state index in [1.54, 1.807) is 24.3 Å². The van der Waals surface area contributed by atoms with Gasteiger partial charge in [0.1, 0.15) is 16.7 Å². The standard InChI is InChI=1S/C12H10Cl2N4O2/c13-9-5-10(18-12(14)16-9)17-11(19)6-20-8-3-1-2-7(15)4-8/h1-5H,6,15H2,(H,16,17,18,19). The van der Waals surface area contributed by atoms with E-state index in [9.17, 15) is 4.79 Å². The fraction of sp³-hybridized carbons (Fsp3) is 0.0833. The van der Waals surface area contributed by atoms with Crippen LogP contribution in [0.1, 0.15) is 0 Å². The number of benzene rings is 1. The summed E-state index contributed by atoms with van der Waals surface area (Å²) in [6, 6.07) is 8.14. The Balaban J connectivity index is 1.92.